The van der Waals surface area contributed by atoms with Crippen molar-refractivity contribution in [2.45, 2.75) is 108 Å². The minimum Gasteiger partial charge on any atom is -0.465 e. The Balaban J connectivity index is 1.20. The maximum Gasteiger partial charge on any atom is 0.407 e. The van der Waals surface area contributed by atoms with Crippen molar-refractivity contribution >= 4 is 29.8 Å². The Morgan fingerprint density at radius 1 is 0.805 bits per heavy atom. The van der Waals surface area contributed by atoms with Gasteiger partial charge < -0.3 is 40.5 Å². The predicted octanol–water partition coefficient (Wildman–Crippen LogP) is 6.41. The van der Waals surface area contributed by atoms with Crippen LogP contribution < -0.4 is 26.3 Å². The summed E-state index contributed by atoms with van der Waals surface area (Å²) in [6, 6.07) is 6.58. The Labute approximate surface area is 434 Å². The highest BCUT2D eigenvalue weighted by Gasteiger charge is 2.57. The first-order valence-corrected chi connectivity index (χ1v) is 24.0. The number of benzene rings is 2. The second-order valence-corrected chi connectivity index (χ2v) is 20.2. The van der Waals surface area contributed by atoms with Crippen LogP contribution in [0.2, 0.25) is 0 Å². The lowest BCUT2D eigenvalue weighted by Gasteiger charge is -2.42. The van der Waals surface area contributed by atoms with E-state index in [1.54, 1.807) is 18.3 Å². The number of carbonyl (C=O) groups is 4. The predicted molar refractivity (Wildman–Crippen MR) is 254 cm³/mol. The number of nitrogens with zero attached hydrogens (tertiary/aromatic N) is 6. The highest BCUT2D eigenvalue weighted by molar-refractivity contribution is 5.87. The molecular weight excluding hydrogens is 1050 g/mol. The second kappa shape index (κ2) is 22.7. The van der Waals surface area contributed by atoms with E-state index < -0.39 is 115 Å². The van der Waals surface area contributed by atoms with E-state index in [1.165, 1.54) is 17.4 Å². The molecule has 0 saturated carbocycles. The Kier molecular flexibility index (Phi) is 17.0. The minimum atomic E-state index is -5.28. The maximum atomic E-state index is 16.0. The molecule has 28 heteroatoms. The standard InChI is InChI=1S/C49H56F10N10O8/c1-46(2,48(54,55)56)39(63-45(75)76-5)41(71)61-36(14-25-6-8-26(9-7-25)27-10-11-38(60-18-27)68-20-29-17-30(68)19-67(29)31-23-77-24-31)37(70)22-66(65-42(72)40(62-44(73)74)47(3,4)49(57,58)59)21-32-33(50)15-28(16-34(32)51)35-12-13-69(64-35)43(52)53/h6-13,15-16,18,29-31,36-37,39-40,43,62,70H,14,17,19-24H2,1-5H3,(H,61,71)(H,63,75)(H,65,72)(H,73,74)/t29-,30-,36+,37+,39-,40-/m1/s1. The molecule has 3 saturated heterocycles. The lowest BCUT2D eigenvalue weighted by Crippen LogP contribution is -2.63. The summed E-state index contributed by atoms with van der Waals surface area (Å²) in [5.41, 5.74) is -4.30. The van der Waals surface area contributed by atoms with Crippen molar-refractivity contribution in [2.24, 2.45) is 10.8 Å². The zero-order valence-corrected chi connectivity index (χ0v) is 41.9. The molecule has 3 fully saturated rings. The van der Waals surface area contributed by atoms with E-state index in [1.807, 2.05) is 22.9 Å². The van der Waals surface area contributed by atoms with Gasteiger partial charge in [-0.25, -0.2) is 33.0 Å². The number of likely N-dealkylation sites (tertiary alicyclic amines) is 1. The van der Waals surface area contributed by atoms with Crippen LogP contribution in [0.15, 0.2) is 67.0 Å². The van der Waals surface area contributed by atoms with Crippen LogP contribution in [-0.4, -0.2) is 154 Å². The van der Waals surface area contributed by atoms with Crippen LogP contribution in [0.4, 0.5) is 59.3 Å². The number of piperazine rings is 1. The van der Waals surface area contributed by atoms with Crippen LogP contribution in [0.1, 0.15) is 51.8 Å². The number of hydrogen-bond acceptors (Lipinski definition) is 12. The van der Waals surface area contributed by atoms with E-state index in [2.05, 4.69) is 25.0 Å². The topological polar surface area (TPSA) is 216 Å². The summed E-state index contributed by atoms with van der Waals surface area (Å²) in [6.07, 6.45) is -13.2. The number of hydrazine groups is 1. The molecule has 6 atom stereocenters. The summed E-state index contributed by atoms with van der Waals surface area (Å²) in [5, 5.41) is 31.2. The number of halogens is 10. The highest BCUT2D eigenvalue weighted by Crippen LogP contribution is 2.42. The number of methoxy groups -OCH3 is 1. The van der Waals surface area contributed by atoms with Gasteiger partial charge in [0.05, 0.1) is 55.0 Å². The monoisotopic (exact) mass is 1100 g/mol. The van der Waals surface area contributed by atoms with E-state index in [4.69, 9.17) is 9.72 Å². The smallest absolute Gasteiger partial charge is 0.407 e. The number of aliphatic hydroxyl groups is 1. The van der Waals surface area contributed by atoms with Gasteiger partial charge in [-0.2, -0.15) is 40.2 Å². The van der Waals surface area contributed by atoms with E-state index in [0.29, 0.717) is 79.7 Å². The summed E-state index contributed by atoms with van der Waals surface area (Å²) in [7, 11) is 0.817. The Bertz CT molecular complexity index is 2740. The van der Waals surface area contributed by atoms with Gasteiger partial charge in [0.2, 0.25) is 5.91 Å². The lowest BCUT2D eigenvalue weighted by atomic mass is 9.82. The fraction of sp³-hybridized carbons (Fsp3) is 0.510. The summed E-state index contributed by atoms with van der Waals surface area (Å²) >= 11 is 0. The highest BCUT2D eigenvalue weighted by atomic mass is 19.4. The molecule has 2 bridgehead atoms. The second-order valence-electron chi connectivity index (χ2n) is 20.2. The molecule has 4 aromatic rings. The first-order chi connectivity index (χ1) is 36.0. The number of rotatable bonds is 20. The zero-order valence-electron chi connectivity index (χ0n) is 41.9. The number of hydrogen-bond donors (Lipinski definition) is 6. The number of carbonyl (C=O) groups excluding carboxylic acids is 3. The molecule has 3 aliphatic heterocycles. The average Bonchev–Trinajstić information content (AvgIpc) is 4.17. The molecule has 0 radical (unpaired) electrons. The van der Waals surface area contributed by atoms with Gasteiger partial charge in [-0.1, -0.05) is 24.3 Å². The molecule has 4 amide bonds. The lowest BCUT2D eigenvalue weighted by molar-refractivity contribution is -0.221. The van der Waals surface area contributed by atoms with Crippen LogP contribution in [0.5, 0.6) is 0 Å². The largest absolute Gasteiger partial charge is 0.465 e. The Morgan fingerprint density at radius 3 is 1.91 bits per heavy atom. The number of aliphatic hydroxyl groups excluding tert-OH is 1. The van der Waals surface area contributed by atoms with Crippen LogP contribution in [0, 0.1) is 22.5 Å². The molecule has 2 aromatic carbocycles. The Hall–Kier alpha value is -6.78. The van der Waals surface area contributed by atoms with Crippen LogP contribution in [-0.2, 0) is 32.0 Å². The van der Waals surface area contributed by atoms with E-state index >= 15 is 8.78 Å². The average molecular weight is 1100 g/mol. The molecule has 3 aliphatic rings. The summed E-state index contributed by atoms with van der Waals surface area (Å²) in [5.74, 6) is -5.41. The van der Waals surface area contributed by atoms with Gasteiger partial charge >= 0.3 is 31.1 Å². The quantitative estimate of drug-likeness (QED) is 0.0418. The van der Waals surface area contributed by atoms with Crippen LogP contribution >= 0.6 is 0 Å². The molecule has 2 aromatic heterocycles. The molecule has 0 aliphatic carbocycles. The minimum absolute atomic E-state index is 0.191. The number of alkyl carbamates (subject to hydrolysis) is 1. The first kappa shape index (κ1) is 57.9. The van der Waals surface area contributed by atoms with Gasteiger partial charge in [-0.15, -0.1) is 0 Å². The molecule has 0 unspecified atom stereocenters. The van der Waals surface area contributed by atoms with Crippen LogP contribution in [0.3, 0.4) is 0 Å². The van der Waals surface area contributed by atoms with E-state index in [-0.39, 0.29) is 15.9 Å². The first-order valence-electron chi connectivity index (χ1n) is 24.0. The summed E-state index contributed by atoms with van der Waals surface area (Å²) < 4.78 is 155. The van der Waals surface area contributed by atoms with Crippen molar-refractivity contribution < 1.29 is 82.8 Å². The molecule has 420 valence electrons. The number of ether oxygens (including phenoxy) is 2. The Morgan fingerprint density at radius 2 is 1.42 bits per heavy atom. The van der Waals surface area contributed by atoms with Crippen molar-refractivity contribution in [3.63, 3.8) is 0 Å². The molecule has 18 nitrogen and oxygen atoms in total. The van der Waals surface area contributed by atoms with Gasteiger partial charge in [0.15, 0.2) is 0 Å². The van der Waals surface area contributed by atoms with Crippen molar-refractivity contribution in [1.82, 2.24) is 46.0 Å². The molecule has 77 heavy (non-hydrogen) atoms. The number of aromatic nitrogens is 3. The summed E-state index contributed by atoms with van der Waals surface area (Å²) in [4.78, 5) is 61.5. The third-order valence-corrected chi connectivity index (χ3v) is 14.4. The molecule has 7 rings (SSSR count). The van der Waals surface area contributed by atoms with Gasteiger partial charge in [0.25, 0.3) is 5.91 Å². The molecule has 6 N–H and O–H groups in total. The van der Waals surface area contributed by atoms with Gasteiger partial charge in [-0.3, -0.25) is 19.9 Å². The van der Waals surface area contributed by atoms with Gasteiger partial charge in [0, 0.05) is 67.3 Å². The number of alkyl halides is 8. The van der Waals surface area contributed by atoms with Crippen molar-refractivity contribution in [3.8, 4) is 22.4 Å². The van der Waals surface area contributed by atoms with Gasteiger partial charge in [0.1, 0.15) is 29.5 Å². The van der Waals surface area contributed by atoms with Crippen molar-refractivity contribution in [2.75, 3.05) is 44.9 Å². The van der Waals surface area contributed by atoms with Crippen molar-refractivity contribution in [3.05, 3.63) is 89.8 Å². The number of nitrogens with one attached hydrogen (secondary N) is 4. The molecule has 5 heterocycles. The molecule has 0 spiro atoms. The van der Waals surface area contributed by atoms with E-state index in [9.17, 15) is 64.5 Å². The number of anilines is 1. The molecular formula is C49H56F10N10O8. The third-order valence-electron chi connectivity index (χ3n) is 14.4. The number of fused-ring (bicyclic) bond motifs is 2. The normalized spacial score (nSPS) is 18.9. The fourth-order valence-electron chi connectivity index (χ4n) is 9.40. The van der Waals surface area contributed by atoms with Gasteiger partial charge in [-0.05, 0) is 82.0 Å². The van der Waals surface area contributed by atoms with Crippen molar-refractivity contribution in [1.29, 1.82) is 0 Å². The number of carboxylic acid groups (broad SMARTS) is 1. The maximum absolute atomic E-state index is 16.0. The number of pyridine rings is 1. The third kappa shape index (κ3) is 12.8. The SMILES string of the molecule is COC(=O)N[C@H](C(=O)N[C@@H](Cc1ccc(-c2ccc(N3C[C@H]4C[C@@H]3CN4C3COC3)nc2)cc1)[C@@H](O)CN(Cc1c(F)cc(-c2ccn(C(F)F)n2)cc1F)NC(=O)[C@@H](NC(=O)O)C(C)(C)C(F)(F)F)C(C)(C)C(F)(F)F. The number of amides is 4. The van der Waals surface area contributed by atoms with E-state index in [0.717, 1.165) is 57.9 Å². The van der Waals surface area contributed by atoms with Crippen LogP contribution in [0.25, 0.3) is 22.4 Å². The summed E-state index contributed by atoms with van der Waals surface area (Å²) in [6.45, 7) is -0.169. The zero-order chi connectivity index (χ0) is 56.5. The fourth-order valence-corrected chi connectivity index (χ4v) is 9.40.